The molecule has 0 heteroatoms. The molecule has 0 saturated heterocycles. The zero-order valence-corrected chi connectivity index (χ0v) is 26.7. The lowest BCUT2D eigenvalue weighted by atomic mass is 9.80. The molecule has 10 rings (SSSR count). The summed E-state index contributed by atoms with van der Waals surface area (Å²) >= 11 is 0. The first-order valence-corrected chi connectivity index (χ1v) is 16.8. The maximum Gasteiger partial charge on any atom is 0.0352 e. The van der Waals surface area contributed by atoms with Crippen molar-refractivity contribution in [3.63, 3.8) is 0 Å². The summed E-state index contributed by atoms with van der Waals surface area (Å²) in [6.07, 6.45) is 0. The lowest BCUT2D eigenvalue weighted by Gasteiger charge is -2.23. The zero-order chi connectivity index (χ0) is 31.3. The summed E-state index contributed by atoms with van der Waals surface area (Å²) < 4.78 is 0. The standard InChI is InChI=1S/C47H34/c1-47(2)43-19-11-10-16-35(43)36-23-22-32(28-44(36)47)46-38-18-9-7-15-34(38)42-27-31(21-25-40(42)46)30-20-24-39-41(26-30)33-14-6-8-17-37(33)45(39)29-12-4-3-5-13-29/h3-28,45-46H,1-2H3. The molecule has 0 radical (unpaired) electrons. The van der Waals surface area contributed by atoms with Gasteiger partial charge >= 0.3 is 0 Å². The molecule has 0 nitrogen and oxygen atoms in total. The van der Waals surface area contributed by atoms with Crippen LogP contribution in [-0.4, -0.2) is 0 Å². The average Bonchev–Trinajstić information content (AvgIpc) is 3.71. The van der Waals surface area contributed by atoms with E-state index in [-0.39, 0.29) is 17.3 Å². The van der Waals surface area contributed by atoms with Gasteiger partial charge in [-0.05, 0) is 101 Å². The van der Waals surface area contributed by atoms with Gasteiger partial charge < -0.3 is 0 Å². The molecule has 0 aliphatic heterocycles. The van der Waals surface area contributed by atoms with Crippen LogP contribution in [0, 0.1) is 0 Å². The first-order chi connectivity index (χ1) is 23.1. The van der Waals surface area contributed by atoms with Crippen LogP contribution < -0.4 is 0 Å². The van der Waals surface area contributed by atoms with Gasteiger partial charge in [-0.3, -0.25) is 0 Å². The van der Waals surface area contributed by atoms with E-state index in [0.29, 0.717) is 0 Å². The summed E-state index contributed by atoms with van der Waals surface area (Å²) in [7, 11) is 0. The van der Waals surface area contributed by atoms with Crippen molar-refractivity contribution in [3.8, 4) is 44.5 Å². The highest BCUT2D eigenvalue weighted by molar-refractivity contribution is 5.88. The van der Waals surface area contributed by atoms with E-state index in [4.69, 9.17) is 0 Å². The van der Waals surface area contributed by atoms with Crippen LogP contribution in [0.5, 0.6) is 0 Å². The summed E-state index contributed by atoms with van der Waals surface area (Å²) in [5.74, 6) is 0.493. The van der Waals surface area contributed by atoms with E-state index in [0.717, 1.165) is 0 Å². The molecule has 3 aliphatic rings. The molecule has 47 heavy (non-hydrogen) atoms. The van der Waals surface area contributed by atoms with Gasteiger partial charge in [0.25, 0.3) is 0 Å². The quantitative estimate of drug-likeness (QED) is 0.190. The second kappa shape index (κ2) is 9.77. The molecule has 0 saturated carbocycles. The molecule has 222 valence electrons. The normalized spacial score (nSPS) is 17.3. The number of hydrogen-bond donors (Lipinski definition) is 0. The Kier molecular flexibility index (Phi) is 5.56. The van der Waals surface area contributed by atoms with Crippen molar-refractivity contribution < 1.29 is 0 Å². The van der Waals surface area contributed by atoms with E-state index in [2.05, 4.69) is 172 Å². The van der Waals surface area contributed by atoms with Gasteiger partial charge in [0.1, 0.15) is 0 Å². The van der Waals surface area contributed by atoms with Crippen molar-refractivity contribution in [2.75, 3.05) is 0 Å². The molecule has 3 aliphatic carbocycles. The highest BCUT2D eigenvalue weighted by Crippen LogP contribution is 2.54. The minimum atomic E-state index is -0.0154. The van der Waals surface area contributed by atoms with E-state index in [9.17, 15) is 0 Å². The van der Waals surface area contributed by atoms with Gasteiger partial charge in [-0.25, -0.2) is 0 Å². The molecular formula is C47H34. The molecule has 0 aromatic heterocycles. The van der Waals surface area contributed by atoms with Crippen LogP contribution in [0.25, 0.3) is 44.5 Å². The van der Waals surface area contributed by atoms with E-state index < -0.39 is 0 Å². The van der Waals surface area contributed by atoms with Crippen LogP contribution in [-0.2, 0) is 5.41 Å². The summed E-state index contributed by atoms with van der Waals surface area (Å²) in [6, 6.07) is 59.4. The highest BCUT2D eigenvalue weighted by atomic mass is 14.4. The predicted octanol–water partition coefficient (Wildman–Crippen LogP) is 12.0. The molecule has 0 N–H and O–H groups in total. The Hall–Kier alpha value is -5.46. The molecule has 7 aromatic rings. The Morgan fingerprint density at radius 2 is 0.830 bits per heavy atom. The molecule has 0 amide bonds. The third kappa shape index (κ3) is 3.76. The van der Waals surface area contributed by atoms with E-state index >= 15 is 0 Å². The van der Waals surface area contributed by atoms with E-state index in [1.807, 2.05) is 0 Å². The molecule has 0 spiro atoms. The largest absolute Gasteiger partial charge is 0.0622 e. The van der Waals surface area contributed by atoms with Crippen LogP contribution in [0.15, 0.2) is 158 Å². The fourth-order valence-corrected chi connectivity index (χ4v) is 9.03. The monoisotopic (exact) mass is 598 g/mol. The fraction of sp³-hybridized carbons (Fsp3) is 0.106. The minimum absolute atomic E-state index is 0.0154. The topological polar surface area (TPSA) is 0 Å². The average molecular weight is 599 g/mol. The van der Waals surface area contributed by atoms with Gasteiger partial charge in [0.05, 0.1) is 0 Å². The molecule has 0 bridgehead atoms. The minimum Gasteiger partial charge on any atom is -0.0622 e. The third-order valence-corrected chi connectivity index (χ3v) is 11.3. The highest BCUT2D eigenvalue weighted by Gasteiger charge is 2.37. The molecule has 0 fully saturated rings. The Bertz CT molecular complexity index is 2390. The second-order valence-corrected chi connectivity index (χ2v) is 14.0. The number of fused-ring (bicyclic) bond motifs is 9. The van der Waals surface area contributed by atoms with Crippen molar-refractivity contribution in [1.82, 2.24) is 0 Å². The molecule has 2 atom stereocenters. The van der Waals surface area contributed by atoms with Crippen molar-refractivity contribution in [2.45, 2.75) is 31.1 Å². The van der Waals surface area contributed by atoms with E-state index in [1.54, 1.807) is 0 Å². The first-order valence-electron chi connectivity index (χ1n) is 16.8. The predicted molar refractivity (Wildman–Crippen MR) is 195 cm³/mol. The Morgan fingerprint density at radius 1 is 0.340 bits per heavy atom. The van der Waals surface area contributed by atoms with Crippen LogP contribution in [0.4, 0.5) is 0 Å². The van der Waals surface area contributed by atoms with Gasteiger partial charge in [0.2, 0.25) is 0 Å². The zero-order valence-electron chi connectivity index (χ0n) is 26.7. The van der Waals surface area contributed by atoms with Gasteiger partial charge in [-0.15, -0.1) is 0 Å². The fourth-order valence-electron chi connectivity index (χ4n) is 9.03. The summed E-state index contributed by atoms with van der Waals surface area (Å²) in [6.45, 7) is 4.75. The lowest BCUT2D eigenvalue weighted by Crippen LogP contribution is -2.15. The maximum atomic E-state index is 2.50. The number of hydrogen-bond acceptors (Lipinski definition) is 0. The van der Waals surface area contributed by atoms with Crippen LogP contribution in [0.2, 0.25) is 0 Å². The van der Waals surface area contributed by atoms with Gasteiger partial charge in [0.15, 0.2) is 0 Å². The van der Waals surface area contributed by atoms with Crippen molar-refractivity contribution in [3.05, 3.63) is 202 Å². The smallest absolute Gasteiger partial charge is 0.0352 e. The van der Waals surface area contributed by atoms with Crippen LogP contribution in [0.1, 0.15) is 70.2 Å². The van der Waals surface area contributed by atoms with Crippen molar-refractivity contribution >= 4 is 0 Å². The third-order valence-electron chi connectivity index (χ3n) is 11.3. The van der Waals surface area contributed by atoms with E-state index in [1.165, 1.54) is 89.0 Å². The molecule has 7 aromatic carbocycles. The van der Waals surface area contributed by atoms with Crippen molar-refractivity contribution in [1.29, 1.82) is 0 Å². The number of benzene rings is 7. The van der Waals surface area contributed by atoms with Gasteiger partial charge in [-0.1, -0.05) is 159 Å². The molecule has 0 heterocycles. The van der Waals surface area contributed by atoms with Crippen molar-refractivity contribution in [2.24, 2.45) is 0 Å². The summed E-state index contributed by atoms with van der Waals surface area (Å²) in [5, 5.41) is 0. The van der Waals surface area contributed by atoms with Gasteiger partial charge in [-0.2, -0.15) is 0 Å². The Labute approximate surface area is 277 Å². The Morgan fingerprint density at radius 3 is 1.47 bits per heavy atom. The maximum absolute atomic E-state index is 2.50. The van der Waals surface area contributed by atoms with Crippen LogP contribution in [0.3, 0.4) is 0 Å². The molecular weight excluding hydrogens is 565 g/mol. The SMILES string of the molecule is CC1(C)c2ccccc2-c2ccc(C3c4ccccc4-c4cc(-c5ccc6c(c5)-c5ccccc5C6c5ccccc5)ccc43)cc21. The lowest BCUT2D eigenvalue weighted by molar-refractivity contribution is 0.659. The van der Waals surface area contributed by atoms with Gasteiger partial charge in [0, 0.05) is 17.3 Å². The second-order valence-electron chi connectivity index (χ2n) is 14.0. The summed E-state index contributed by atoms with van der Waals surface area (Å²) in [5.41, 5.74) is 21.9. The Balaban J connectivity index is 1.08. The molecule has 2 unspecified atom stereocenters. The number of rotatable bonds is 3. The summed E-state index contributed by atoms with van der Waals surface area (Å²) in [4.78, 5) is 0. The van der Waals surface area contributed by atoms with Crippen LogP contribution >= 0.6 is 0 Å². The first kappa shape index (κ1) is 26.7.